The number of β-lactam (4-membered cyclic amide) rings is 1. The molecule has 164 valence electrons. The van der Waals surface area contributed by atoms with Crippen LogP contribution in [-0.2, 0) is 14.3 Å². The van der Waals surface area contributed by atoms with E-state index in [1.54, 1.807) is 16.7 Å². The third kappa shape index (κ3) is 4.52. The van der Waals surface area contributed by atoms with Crippen molar-refractivity contribution in [3.05, 3.63) is 83.9 Å². The lowest BCUT2D eigenvalue weighted by Gasteiger charge is -2.52. The molecule has 2 heterocycles. The number of thioether (sulfide) groups is 1. The van der Waals surface area contributed by atoms with Crippen LogP contribution in [0.15, 0.2) is 72.8 Å². The van der Waals surface area contributed by atoms with Crippen molar-refractivity contribution in [3.8, 4) is 0 Å². The highest BCUT2D eigenvalue weighted by Crippen LogP contribution is 2.44. The minimum Gasteiger partial charge on any atom is -0.452 e. The molecule has 0 saturated carbocycles. The lowest BCUT2D eigenvalue weighted by Crippen LogP contribution is -2.72. The van der Waals surface area contributed by atoms with E-state index in [1.165, 1.54) is 0 Å². The molecule has 2 fully saturated rings. The van der Waals surface area contributed by atoms with Gasteiger partial charge >= 0.3 is 5.97 Å². The normalized spacial score (nSPS) is 25.0. The van der Waals surface area contributed by atoms with Gasteiger partial charge in [0, 0.05) is 12.3 Å². The molecule has 2 N–H and O–H groups in total. The van der Waals surface area contributed by atoms with Crippen molar-refractivity contribution < 1.29 is 14.3 Å². The molecule has 1 amide bonds. The van der Waals surface area contributed by atoms with Gasteiger partial charge in [-0.2, -0.15) is 0 Å². The molecule has 4 rings (SSSR count). The van der Waals surface area contributed by atoms with Gasteiger partial charge in [0.05, 0.1) is 0 Å². The monoisotopic (exact) mass is 458 g/mol. The van der Waals surface area contributed by atoms with Crippen molar-refractivity contribution in [2.24, 2.45) is 11.1 Å². The highest BCUT2D eigenvalue weighted by atomic mass is 35.5. The first kappa shape index (κ1) is 23.4. The van der Waals surface area contributed by atoms with Gasteiger partial charge in [-0.25, -0.2) is 0 Å². The number of hydrogen-bond acceptors (Lipinski definition) is 5. The zero-order valence-corrected chi connectivity index (χ0v) is 19.0. The van der Waals surface area contributed by atoms with Gasteiger partial charge in [-0.15, -0.1) is 24.2 Å². The summed E-state index contributed by atoms with van der Waals surface area (Å²) in [6.45, 7) is 2.33. The summed E-state index contributed by atoms with van der Waals surface area (Å²) in [5.74, 6) is 0.127. The number of halogens is 1. The number of ether oxygens (including phenoxy) is 1. The molecule has 7 heteroatoms. The van der Waals surface area contributed by atoms with E-state index in [-0.39, 0.29) is 29.7 Å². The van der Waals surface area contributed by atoms with Crippen molar-refractivity contribution in [2.45, 2.75) is 30.9 Å². The molecular formula is C24H27ClN2O3S. The number of benzene rings is 2. The molecule has 0 aliphatic carbocycles. The first-order valence-electron chi connectivity index (χ1n) is 10.2. The summed E-state index contributed by atoms with van der Waals surface area (Å²) in [6.07, 6.45) is 4.19. The van der Waals surface area contributed by atoms with E-state index in [0.717, 1.165) is 17.5 Å². The number of nitrogens with two attached hydrogens (primary N) is 1. The molecule has 2 aliphatic rings. The number of carbonyl (C=O) groups excluding carboxylic acids is 2. The minimum atomic E-state index is -0.880. The van der Waals surface area contributed by atoms with Crippen molar-refractivity contribution in [3.63, 3.8) is 0 Å². The molecule has 31 heavy (non-hydrogen) atoms. The highest BCUT2D eigenvalue weighted by Gasteiger charge is 2.55. The first-order chi connectivity index (χ1) is 14.6. The second-order valence-electron chi connectivity index (χ2n) is 7.77. The zero-order valence-electron chi connectivity index (χ0n) is 17.3. The molecule has 2 saturated heterocycles. The van der Waals surface area contributed by atoms with Crippen LogP contribution < -0.4 is 5.73 Å². The highest BCUT2D eigenvalue weighted by molar-refractivity contribution is 8.00. The molecule has 2 aromatic rings. The number of esters is 1. The molecule has 2 aliphatic heterocycles. The van der Waals surface area contributed by atoms with Gasteiger partial charge in [-0.3, -0.25) is 9.59 Å². The molecule has 0 aromatic heterocycles. The van der Waals surface area contributed by atoms with Crippen molar-refractivity contribution in [1.82, 2.24) is 4.90 Å². The second-order valence-corrected chi connectivity index (χ2v) is 8.87. The van der Waals surface area contributed by atoms with Gasteiger partial charge in [-0.1, -0.05) is 79.7 Å². The van der Waals surface area contributed by atoms with E-state index in [2.05, 4.69) is 0 Å². The summed E-state index contributed by atoms with van der Waals surface area (Å²) in [5.41, 5.74) is 6.87. The lowest BCUT2D eigenvalue weighted by atomic mass is 9.86. The van der Waals surface area contributed by atoms with Crippen LogP contribution in [0.3, 0.4) is 0 Å². The van der Waals surface area contributed by atoms with Gasteiger partial charge in [0.2, 0.25) is 5.91 Å². The summed E-state index contributed by atoms with van der Waals surface area (Å²) in [6, 6.07) is 19.0. The number of nitrogens with zero attached hydrogens (tertiary/aromatic N) is 1. The maximum absolute atomic E-state index is 13.6. The minimum absolute atomic E-state index is 0. The standard InChI is InChI=1S/C24H26N2O3S.ClH/c1-2-3-14-24(15-26-21(27)19(25)22(26)30-16-24)23(28)29-20(17-10-6-4-7-11-17)18-12-8-5-9-13-18;/h3-14,19-20,22H,2,15-16,25H2,1H3;1H/t19?,22-,24?;/m1./s1. The molecule has 3 atom stereocenters. The molecule has 0 spiro atoms. The SMILES string of the molecule is CCC=CC1(C(=O)OC(c2ccccc2)c2ccccc2)CS[C@@H]2C(N)C(=O)N2C1.Cl. The Morgan fingerprint density at radius 3 is 2.32 bits per heavy atom. The Balaban J connectivity index is 0.00000272. The van der Waals surface area contributed by atoms with Crippen LogP contribution in [0.5, 0.6) is 0 Å². The molecule has 2 unspecified atom stereocenters. The van der Waals surface area contributed by atoms with Gasteiger partial charge in [0.25, 0.3) is 0 Å². The van der Waals surface area contributed by atoms with Crippen LogP contribution in [0.4, 0.5) is 0 Å². The van der Waals surface area contributed by atoms with Crippen LogP contribution in [0.1, 0.15) is 30.6 Å². The maximum Gasteiger partial charge on any atom is 0.319 e. The fourth-order valence-corrected chi connectivity index (χ4v) is 5.40. The average molecular weight is 459 g/mol. The Morgan fingerprint density at radius 1 is 1.19 bits per heavy atom. The van der Waals surface area contributed by atoms with E-state index in [1.807, 2.05) is 79.7 Å². The van der Waals surface area contributed by atoms with E-state index in [9.17, 15) is 9.59 Å². The maximum atomic E-state index is 13.6. The Bertz CT molecular complexity index is 901. The van der Waals surface area contributed by atoms with Crippen molar-refractivity contribution in [1.29, 1.82) is 0 Å². The number of allylic oxidation sites excluding steroid dienone is 1. The molecule has 0 bridgehead atoms. The number of rotatable bonds is 6. The van der Waals surface area contributed by atoms with Crippen molar-refractivity contribution in [2.75, 3.05) is 12.3 Å². The quantitative estimate of drug-likeness (QED) is 0.403. The number of fused-ring (bicyclic) bond motifs is 1. The summed E-state index contributed by atoms with van der Waals surface area (Å²) in [5, 5.41) is -0.0486. The first-order valence-corrected chi connectivity index (χ1v) is 11.3. The zero-order chi connectivity index (χ0) is 21.1. The number of hydrogen-bond donors (Lipinski definition) is 1. The predicted octanol–water partition coefficient (Wildman–Crippen LogP) is 3.94. The topological polar surface area (TPSA) is 72.6 Å². The fraction of sp³-hybridized carbons (Fsp3) is 0.333. The van der Waals surface area contributed by atoms with Gasteiger partial charge < -0.3 is 15.4 Å². The van der Waals surface area contributed by atoms with E-state index >= 15 is 0 Å². The molecule has 5 nitrogen and oxygen atoms in total. The largest absolute Gasteiger partial charge is 0.452 e. The van der Waals surface area contributed by atoms with Gasteiger partial charge in [-0.05, 0) is 17.5 Å². The summed E-state index contributed by atoms with van der Waals surface area (Å²) in [4.78, 5) is 27.6. The predicted molar refractivity (Wildman–Crippen MR) is 126 cm³/mol. The van der Waals surface area contributed by atoms with Crippen LogP contribution in [0.25, 0.3) is 0 Å². The van der Waals surface area contributed by atoms with Gasteiger partial charge in [0.1, 0.15) is 16.8 Å². The van der Waals surface area contributed by atoms with Gasteiger partial charge in [0.15, 0.2) is 6.10 Å². The number of carbonyl (C=O) groups is 2. The fourth-order valence-electron chi connectivity index (χ4n) is 3.94. The van der Waals surface area contributed by atoms with Crippen LogP contribution >= 0.6 is 24.2 Å². The summed E-state index contributed by atoms with van der Waals surface area (Å²) in [7, 11) is 0. The molecule has 0 radical (unpaired) electrons. The molecular weight excluding hydrogens is 432 g/mol. The third-order valence-corrected chi connectivity index (χ3v) is 7.23. The molecule has 2 aromatic carbocycles. The lowest BCUT2D eigenvalue weighted by molar-refractivity contribution is -0.161. The number of amides is 1. The summed E-state index contributed by atoms with van der Waals surface area (Å²) >= 11 is 1.56. The summed E-state index contributed by atoms with van der Waals surface area (Å²) < 4.78 is 6.16. The van der Waals surface area contributed by atoms with Crippen LogP contribution in [0, 0.1) is 5.41 Å². The van der Waals surface area contributed by atoms with E-state index < -0.39 is 17.6 Å². The third-order valence-electron chi connectivity index (χ3n) is 5.66. The Labute approximate surface area is 193 Å². The van der Waals surface area contributed by atoms with Crippen molar-refractivity contribution >= 4 is 36.0 Å². The van der Waals surface area contributed by atoms with E-state index in [0.29, 0.717) is 12.3 Å². The Morgan fingerprint density at radius 2 is 1.77 bits per heavy atom. The Hall–Kier alpha value is -2.28. The smallest absolute Gasteiger partial charge is 0.319 e. The average Bonchev–Trinajstić information content (AvgIpc) is 2.81. The van der Waals surface area contributed by atoms with E-state index in [4.69, 9.17) is 10.5 Å². The van der Waals surface area contributed by atoms with Crippen LogP contribution in [0.2, 0.25) is 0 Å². The van der Waals surface area contributed by atoms with Crippen LogP contribution in [-0.4, -0.2) is 40.5 Å². The second kappa shape index (κ2) is 9.90. The Kier molecular flexibility index (Phi) is 7.46.